The van der Waals surface area contributed by atoms with Gasteiger partial charge >= 0.3 is 0 Å². The minimum Gasteiger partial charge on any atom is -0.458 e. The van der Waals surface area contributed by atoms with E-state index >= 15 is 0 Å². The molecule has 0 saturated carbocycles. The van der Waals surface area contributed by atoms with Crippen LogP contribution in [-0.4, -0.2) is 18.2 Å². The third-order valence-corrected chi connectivity index (χ3v) is 6.89. The number of nitrogens with one attached hydrogen (secondary N) is 1. The van der Waals surface area contributed by atoms with Crippen LogP contribution in [-0.2, 0) is 10.2 Å². The first kappa shape index (κ1) is 22.1. The second kappa shape index (κ2) is 8.78. The van der Waals surface area contributed by atoms with Crippen molar-refractivity contribution in [2.75, 3.05) is 6.54 Å². The van der Waals surface area contributed by atoms with E-state index in [2.05, 4.69) is 79.6 Å². The lowest BCUT2D eigenvalue weighted by atomic mass is 9.68. The molecule has 0 fully saturated rings. The van der Waals surface area contributed by atoms with Gasteiger partial charge in [0.25, 0.3) is 6.02 Å². The molecule has 4 rings (SSSR count). The zero-order valence-electron chi connectivity index (χ0n) is 19.2. The van der Waals surface area contributed by atoms with Gasteiger partial charge in [-0.2, -0.15) is 0 Å². The molecular weight excluding hydrogens is 399 g/mol. The predicted molar refractivity (Wildman–Crippen MR) is 129 cm³/mol. The average Bonchev–Trinajstić information content (AvgIpc) is 2.90. The normalized spacial score (nSPS) is 21.1. The lowest BCUT2D eigenvalue weighted by Crippen LogP contribution is -2.49. The maximum Gasteiger partial charge on any atom is 0.285 e. The third kappa shape index (κ3) is 4.27. The van der Waals surface area contributed by atoms with Crippen LogP contribution < -0.4 is 5.32 Å². The van der Waals surface area contributed by atoms with Crippen molar-refractivity contribution >= 4 is 6.02 Å². The summed E-state index contributed by atoms with van der Waals surface area (Å²) in [6, 6.07) is 26.2. The topological polar surface area (TPSA) is 33.6 Å². The molecule has 0 aromatic heterocycles. The Hall–Kier alpha value is -3.14. The summed E-state index contributed by atoms with van der Waals surface area (Å²) in [7, 11) is 0. The van der Waals surface area contributed by atoms with Crippen LogP contribution in [0.2, 0.25) is 0 Å². The van der Waals surface area contributed by atoms with Gasteiger partial charge in [-0.25, -0.2) is 9.38 Å². The van der Waals surface area contributed by atoms with E-state index in [1.54, 1.807) is 12.1 Å². The van der Waals surface area contributed by atoms with Crippen LogP contribution in [0.4, 0.5) is 4.39 Å². The predicted octanol–water partition coefficient (Wildman–Crippen LogP) is 6.66. The minimum atomic E-state index is -0.515. The molecule has 1 aliphatic heterocycles. The van der Waals surface area contributed by atoms with E-state index < -0.39 is 5.60 Å². The van der Waals surface area contributed by atoms with E-state index in [4.69, 9.17) is 4.74 Å². The Morgan fingerprint density at radius 2 is 1.50 bits per heavy atom. The number of rotatable bonds is 4. The van der Waals surface area contributed by atoms with Crippen LogP contribution in [0.15, 0.2) is 83.9 Å². The molecule has 0 aliphatic carbocycles. The first-order valence-corrected chi connectivity index (χ1v) is 11.2. The lowest BCUT2D eigenvalue weighted by Gasteiger charge is -2.43. The Bertz CT molecular complexity index is 1090. The molecule has 0 spiro atoms. The molecule has 1 N–H and O–H groups in total. The van der Waals surface area contributed by atoms with E-state index in [9.17, 15) is 4.39 Å². The number of nitrogens with zero attached hydrogens (tertiary/aromatic N) is 1. The fraction of sp³-hybridized carbons (Fsp3) is 0.321. The van der Waals surface area contributed by atoms with E-state index in [1.165, 1.54) is 22.8 Å². The molecule has 1 heterocycles. The van der Waals surface area contributed by atoms with Crippen molar-refractivity contribution in [1.29, 1.82) is 0 Å². The van der Waals surface area contributed by atoms with Crippen molar-refractivity contribution < 1.29 is 9.13 Å². The standard InChI is InChI=1S/C28H31FN2O/c1-20(24-12-8-9-13-25(24)29)31-26-30-19-18-28(4,27(2,3)32-26)23-16-14-22(15-17-23)21-10-6-5-7-11-21/h5-17,20H,18-19H2,1-4H3,(H,30,31)/t20-,28?/m0/s1. The molecule has 166 valence electrons. The fourth-order valence-electron chi connectivity index (χ4n) is 4.39. The SMILES string of the molecule is C[C@H](NC1=NCCC(C)(c2ccc(-c3ccccc3)cc2)C(C)(C)O1)c1ccccc1F. The van der Waals surface area contributed by atoms with E-state index in [0.717, 1.165) is 6.42 Å². The van der Waals surface area contributed by atoms with Crippen LogP contribution in [0, 0.1) is 5.82 Å². The van der Waals surface area contributed by atoms with Crippen molar-refractivity contribution in [2.45, 2.75) is 51.2 Å². The molecule has 3 aromatic carbocycles. The van der Waals surface area contributed by atoms with Crippen LogP contribution in [0.3, 0.4) is 0 Å². The third-order valence-electron chi connectivity index (χ3n) is 6.89. The van der Waals surface area contributed by atoms with Crippen LogP contribution in [0.1, 0.15) is 51.3 Å². The maximum atomic E-state index is 14.2. The van der Waals surface area contributed by atoms with Gasteiger partial charge in [-0.3, -0.25) is 0 Å². The van der Waals surface area contributed by atoms with Gasteiger partial charge in [0.05, 0.1) is 6.04 Å². The number of hydrogen-bond donors (Lipinski definition) is 1. The Labute approximate surface area is 190 Å². The van der Waals surface area contributed by atoms with Gasteiger partial charge in [0.1, 0.15) is 11.4 Å². The number of halogens is 1. The number of hydrogen-bond acceptors (Lipinski definition) is 3. The van der Waals surface area contributed by atoms with Gasteiger partial charge in [-0.1, -0.05) is 79.7 Å². The molecule has 1 aliphatic rings. The first-order chi connectivity index (χ1) is 15.3. The van der Waals surface area contributed by atoms with Gasteiger partial charge in [0, 0.05) is 17.5 Å². The van der Waals surface area contributed by atoms with Gasteiger partial charge in [0.15, 0.2) is 0 Å². The minimum absolute atomic E-state index is 0.232. The maximum absolute atomic E-state index is 14.2. The quantitative estimate of drug-likeness (QED) is 0.502. The van der Waals surface area contributed by atoms with Gasteiger partial charge in [-0.15, -0.1) is 0 Å². The molecule has 2 atom stereocenters. The number of benzene rings is 3. The average molecular weight is 431 g/mol. The molecule has 0 amide bonds. The zero-order chi connectivity index (χ0) is 22.8. The second-order valence-electron chi connectivity index (χ2n) is 9.21. The Balaban J connectivity index is 1.54. The number of amidine groups is 1. The van der Waals surface area contributed by atoms with Gasteiger partial charge in [0.2, 0.25) is 0 Å². The van der Waals surface area contributed by atoms with Crippen molar-refractivity contribution in [2.24, 2.45) is 4.99 Å². The molecule has 0 radical (unpaired) electrons. The molecule has 0 bridgehead atoms. The van der Waals surface area contributed by atoms with Crippen molar-refractivity contribution in [3.63, 3.8) is 0 Å². The van der Waals surface area contributed by atoms with E-state index in [1.807, 2.05) is 19.1 Å². The molecule has 0 saturated heterocycles. The monoisotopic (exact) mass is 430 g/mol. The summed E-state index contributed by atoms with van der Waals surface area (Å²) in [5.74, 6) is -0.232. The summed E-state index contributed by atoms with van der Waals surface area (Å²) in [5, 5.41) is 3.28. The molecule has 4 heteroatoms. The van der Waals surface area contributed by atoms with E-state index in [0.29, 0.717) is 18.1 Å². The molecule has 3 nitrogen and oxygen atoms in total. The highest BCUT2D eigenvalue weighted by molar-refractivity contribution is 5.75. The summed E-state index contributed by atoms with van der Waals surface area (Å²) in [6.45, 7) is 9.00. The molecule has 1 unspecified atom stereocenters. The van der Waals surface area contributed by atoms with Crippen LogP contribution in [0.5, 0.6) is 0 Å². The van der Waals surface area contributed by atoms with Crippen molar-refractivity contribution in [3.05, 3.63) is 95.8 Å². The molecule has 3 aromatic rings. The first-order valence-electron chi connectivity index (χ1n) is 11.2. The molecular formula is C28H31FN2O. The summed E-state index contributed by atoms with van der Waals surface area (Å²) < 4.78 is 20.6. The zero-order valence-corrected chi connectivity index (χ0v) is 19.2. The number of ether oxygens (including phenoxy) is 1. The van der Waals surface area contributed by atoms with Crippen molar-refractivity contribution in [3.8, 4) is 11.1 Å². The highest BCUT2D eigenvalue weighted by Gasteiger charge is 2.46. The highest BCUT2D eigenvalue weighted by Crippen LogP contribution is 2.42. The van der Waals surface area contributed by atoms with E-state index in [-0.39, 0.29) is 17.3 Å². The van der Waals surface area contributed by atoms with Crippen molar-refractivity contribution in [1.82, 2.24) is 5.32 Å². The Morgan fingerprint density at radius 3 is 2.19 bits per heavy atom. The fourth-order valence-corrected chi connectivity index (χ4v) is 4.39. The smallest absolute Gasteiger partial charge is 0.285 e. The molecule has 32 heavy (non-hydrogen) atoms. The summed E-state index contributed by atoms with van der Waals surface area (Å²) in [5.41, 5.74) is 3.47. The van der Waals surface area contributed by atoms with Gasteiger partial charge in [-0.05, 0) is 49.9 Å². The summed E-state index contributed by atoms with van der Waals surface area (Å²) >= 11 is 0. The number of aliphatic imine (C=N–C) groups is 1. The summed E-state index contributed by atoms with van der Waals surface area (Å²) in [6.07, 6.45) is 0.851. The largest absolute Gasteiger partial charge is 0.458 e. The van der Waals surface area contributed by atoms with Gasteiger partial charge < -0.3 is 10.1 Å². The van der Waals surface area contributed by atoms with Crippen LogP contribution in [0.25, 0.3) is 11.1 Å². The Morgan fingerprint density at radius 1 is 0.875 bits per heavy atom. The highest BCUT2D eigenvalue weighted by atomic mass is 19.1. The Kier molecular flexibility index (Phi) is 6.05. The van der Waals surface area contributed by atoms with Crippen LogP contribution >= 0.6 is 0 Å². The lowest BCUT2D eigenvalue weighted by molar-refractivity contribution is 0.0127. The second-order valence-corrected chi connectivity index (χ2v) is 9.21. The summed E-state index contributed by atoms with van der Waals surface area (Å²) in [4.78, 5) is 4.66.